The zero-order valence-corrected chi connectivity index (χ0v) is 18.1. The summed E-state index contributed by atoms with van der Waals surface area (Å²) in [5.41, 5.74) is -0.180. The highest BCUT2D eigenvalue weighted by atomic mass is 35.5. The number of halogens is 2. The van der Waals surface area contributed by atoms with Crippen molar-refractivity contribution in [3.8, 4) is 17.2 Å². The molecule has 1 amide bonds. The lowest BCUT2D eigenvalue weighted by molar-refractivity contribution is -0.120. The minimum atomic E-state index is -0.851. The summed E-state index contributed by atoms with van der Waals surface area (Å²) in [5.74, 6) is 6.14. The molecule has 0 saturated heterocycles. The lowest BCUT2D eigenvalue weighted by Crippen LogP contribution is -2.44. The van der Waals surface area contributed by atoms with Crippen molar-refractivity contribution >= 4 is 34.8 Å². The van der Waals surface area contributed by atoms with Crippen LogP contribution in [0.5, 0.6) is 11.5 Å². The monoisotopic (exact) mass is 473 g/mol. The molecule has 2 aliphatic rings. The SMILES string of the molecule is Nn1c(=O)cnn(-c2cc(Cl)c(Oc3ccc4c(c3)C3(CCCC3)C(=O)N4)c(Cl)c2)c1=O. The van der Waals surface area contributed by atoms with Gasteiger partial charge in [0.2, 0.25) is 5.91 Å². The first-order chi connectivity index (χ1) is 15.3. The van der Waals surface area contributed by atoms with Crippen LogP contribution in [0, 0.1) is 0 Å². The number of hydrogen-bond acceptors (Lipinski definition) is 6. The second-order valence-corrected chi connectivity index (χ2v) is 8.65. The molecule has 1 spiro atoms. The van der Waals surface area contributed by atoms with Gasteiger partial charge in [0.1, 0.15) is 11.9 Å². The second kappa shape index (κ2) is 7.39. The third-order valence-electron chi connectivity index (χ3n) is 6.00. The Balaban J connectivity index is 1.51. The maximum atomic E-state index is 12.6. The third-order valence-corrected chi connectivity index (χ3v) is 6.56. The summed E-state index contributed by atoms with van der Waals surface area (Å²) in [5, 5.41) is 7.00. The zero-order chi connectivity index (χ0) is 22.6. The summed E-state index contributed by atoms with van der Waals surface area (Å²) in [6.45, 7) is 0. The average Bonchev–Trinajstić information content (AvgIpc) is 3.36. The Morgan fingerprint density at radius 3 is 2.44 bits per heavy atom. The number of anilines is 1. The molecule has 1 aliphatic heterocycles. The van der Waals surface area contributed by atoms with Crippen molar-refractivity contribution in [1.82, 2.24) is 14.5 Å². The molecule has 1 aromatic heterocycles. The topological polar surface area (TPSA) is 121 Å². The van der Waals surface area contributed by atoms with Crippen LogP contribution in [0.4, 0.5) is 5.69 Å². The number of benzene rings is 2. The van der Waals surface area contributed by atoms with Crippen LogP contribution in [0.1, 0.15) is 31.2 Å². The predicted octanol–water partition coefficient (Wildman–Crippen LogP) is 2.97. The van der Waals surface area contributed by atoms with E-state index in [9.17, 15) is 14.4 Å². The van der Waals surface area contributed by atoms with Crippen LogP contribution in [-0.4, -0.2) is 20.4 Å². The minimum Gasteiger partial charge on any atom is -0.454 e. The Labute approximate surface area is 191 Å². The Hall–Kier alpha value is -3.30. The van der Waals surface area contributed by atoms with Gasteiger partial charge in [-0.05, 0) is 48.7 Å². The van der Waals surface area contributed by atoms with Crippen molar-refractivity contribution in [2.75, 3.05) is 11.2 Å². The van der Waals surface area contributed by atoms with E-state index in [0.29, 0.717) is 10.4 Å². The van der Waals surface area contributed by atoms with E-state index in [-0.39, 0.29) is 27.4 Å². The Kier molecular flexibility index (Phi) is 4.75. The van der Waals surface area contributed by atoms with Gasteiger partial charge in [-0.15, -0.1) is 0 Å². The fourth-order valence-corrected chi connectivity index (χ4v) is 4.96. The van der Waals surface area contributed by atoms with Gasteiger partial charge < -0.3 is 15.9 Å². The molecule has 0 bridgehead atoms. The van der Waals surface area contributed by atoms with Gasteiger partial charge in [-0.2, -0.15) is 14.5 Å². The first-order valence-electron chi connectivity index (χ1n) is 9.90. The molecule has 32 heavy (non-hydrogen) atoms. The van der Waals surface area contributed by atoms with Crippen molar-refractivity contribution in [3.05, 3.63) is 73.0 Å². The minimum absolute atomic E-state index is 0.0294. The van der Waals surface area contributed by atoms with Crippen LogP contribution in [0.3, 0.4) is 0 Å². The van der Waals surface area contributed by atoms with Crippen LogP contribution in [0.2, 0.25) is 10.0 Å². The second-order valence-electron chi connectivity index (χ2n) is 7.84. The molecule has 2 heterocycles. The number of rotatable bonds is 3. The van der Waals surface area contributed by atoms with Crippen molar-refractivity contribution in [2.24, 2.45) is 0 Å². The fourth-order valence-electron chi connectivity index (χ4n) is 4.41. The highest BCUT2D eigenvalue weighted by Gasteiger charge is 2.48. The normalized spacial score (nSPS) is 16.2. The number of amides is 1. The van der Waals surface area contributed by atoms with Crippen LogP contribution in [0.25, 0.3) is 5.69 Å². The standard InChI is InChI=1S/C21H17Cl2N5O4/c22-14-7-11(28-20(31)27(24)17(29)10-25-28)8-15(23)18(14)32-12-3-4-16-13(9-12)21(19(30)26-16)5-1-2-6-21/h3-4,7-10H,1-2,5-6,24H2,(H,26,30). The van der Waals surface area contributed by atoms with Crippen LogP contribution < -0.4 is 27.1 Å². The molecule has 164 valence electrons. The van der Waals surface area contributed by atoms with Gasteiger partial charge in [-0.1, -0.05) is 36.0 Å². The van der Waals surface area contributed by atoms with E-state index in [1.807, 2.05) is 6.07 Å². The Morgan fingerprint density at radius 1 is 1.06 bits per heavy atom. The predicted molar refractivity (Wildman–Crippen MR) is 120 cm³/mol. The number of nitrogens with one attached hydrogen (secondary N) is 1. The molecule has 1 fully saturated rings. The number of aromatic nitrogens is 3. The lowest BCUT2D eigenvalue weighted by Gasteiger charge is -2.21. The van der Waals surface area contributed by atoms with Crippen molar-refractivity contribution in [1.29, 1.82) is 0 Å². The van der Waals surface area contributed by atoms with E-state index < -0.39 is 16.7 Å². The summed E-state index contributed by atoms with van der Waals surface area (Å²) in [6, 6.07) is 8.23. The highest BCUT2D eigenvalue weighted by Crippen LogP contribution is 2.50. The molecule has 1 saturated carbocycles. The van der Waals surface area contributed by atoms with Crippen LogP contribution >= 0.6 is 23.2 Å². The number of nitrogen functional groups attached to an aromatic ring is 1. The van der Waals surface area contributed by atoms with E-state index in [0.717, 1.165) is 47.8 Å². The number of hydrogen-bond donors (Lipinski definition) is 2. The third kappa shape index (κ3) is 3.08. The number of ether oxygens (including phenoxy) is 1. The van der Waals surface area contributed by atoms with Gasteiger partial charge >= 0.3 is 5.69 Å². The summed E-state index contributed by atoms with van der Waals surface area (Å²) in [4.78, 5) is 36.3. The summed E-state index contributed by atoms with van der Waals surface area (Å²) in [6.07, 6.45) is 4.51. The average molecular weight is 474 g/mol. The maximum Gasteiger partial charge on any atom is 0.370 e. The smallest absolute Gasteiger partial charge is 0.370 e. The van der Waals surface area contributed by atoms with E-state index in [1.54, 1.807) is 12.1 Å². The van der Waals surface area contributed by atoms with Gasteiger partial charge in [0.15, 0.2) is 5.75 Å². The number of nitrogens with two attached hydrogens (primary N) is 1. The first kappa shape index (κ1) is 20.6. The summed E-state index contributed by atoms with van der Waals surface area (Å²) < 4.78 is 7.31. The van der Waals surface area contributed by atoms with Crippen molar-refractivity contribution in [3.63, 3.8) is 0 Å². The molecule has 0 unspecified atom stereocenters. The van der Waals surface area contributed by atoms with Crippen molar-refractivity contribution < 1.29 is 9.53 Å². The molecular weight excluding hydrogens is 457 g/mol. The van der Waals surface area contributed by atoms with E-state index in [2.05, 4.69) is 10.4 Å². The van der Waals surface area contributed by atoms with Gasteiger partial charge in [-0.3, -0.25) is 9.59 Å². The molecule has 2 aromatic carbocycles. The molecule has 3 aromatic rings. The summed E-state index contributed by atoms with van der Waals surface area (Å²) >= 11 is 12.8. The molecule has 9 nitrogen and oxygen atoms in total. The molecule has 3 N–H and O–H groups in total. The Morgan fingerprint density at radius 2 is 1.75 bits per heavy atom. The molecule has 5 rings (SSSR count). The van der Waals surface area contributed by atoms with E-state index in [1.165, 1.54) is 12.1 Å². The van der Waals surface area contributed by atoms with E-state index >= 15 is 0 Å². The van der Waals surface area contributed by atoms with Crippen LogP contribution in [-0.2, 0) is 10.2 Å². The molecule has 11 heteroatoms. The molecule has 0 atom stereocenters. The number of carbonyl (C=O) groups is 1. The zero-order valence-electron chi connectivity index (χ0n) is 16.6. The highest BCUT2D eigenvalue weighted by molar-refractivity contribution is 6.37. The quantitative estimate of drug-likeness (QED) is 0.563. The number of fused-ring (bicyclic) bond motifs is 2. The number of nitrogens with zero attached hydrogens (tertiary/aromatic N) is 3. The fraction of sp³-hybridized carbons (Fsp3) is 0.238. The van der Waals surface area contributed by atoms with Gasteiger partial charge in [0.05, 0.1) is 21.1 Å². The maximum absolute atomic E-state index is 12.6. The van der Waals surface area contributed by atoms with Gasteiger partial charge in [0, 0.05) is 5.69 Å². The van der Waals surface area contributed by atoms with Crippen molar-refractivity contribution in [2.45, 2.75) is 31.1 Å². The Bertz CT molecular complexity index is 1370. The first-order valence-corrected chi connectivity index (χ1v) is 10.7. The van der Waals surface area contributed by atoms with Crippen LogP contribution in [0.15, 0.2) is 46.1 Å². The van der Waals surface area contributed by atoms with Gasteiger partial charge in [-0.25, -0.2) is 4.79 Å². The number of carbonyl (C=O) groups excluding carboxylic acids is 1. The van der Waals surface area contributed by atoms with E-state index in [4.69, 9.17) is 33.8 Å². The molecule has 1 aliphatic carbocycles. The van der Waals surface area contributed by atoms with Gasteiger partial charge in [0.25, 0.3) is 5.56 Å². The lowest BCUT2D eigenvalue weighted by atomic mass is 9.80. The molecular formula is C21H17Cl2N5O4. The largest absolute Gasteiger partial charge is 0.454 e. The summed E-state index contributed by atoms with van der Waals surface area (Å²) in [7, 11) is 0. The molecule has 0 radical (unpaired) electrons.